The van der Waals surface area contributed by atoms with Crippen molar-refractivity contribution in [2.24, 2.45) is 5.41 Å². The van der Waals surface area contributed by atoms with Gasteiger partial charge in [-0.05, 0) is 30.8 Å². The van der Waals surface area contributed by atoms with Crippen molar-refractivity contribution in [3.8, 4) is 0 Å². The maximum absolute atomic E-state index is 11.5. The second-order valence-electron chi connectivity index (χ2n) is 3.36. The molecule has 0 aromatic rings. The first-order valence-corrected chi connectivity index (χ1v) is 5.68. The zero-order valence-corrected chi connectivity index (χ0v) is 8.73. The molecule has 0 atom stereocenters. The number of rotatable bonds is 3. The average molecular weight is 204 g/mol. The number of thioether (sulfide) groups is 1. The second kappa shape index (κ2) is 4.86. The molecular formula is C9H16O3S. The van der Waals surface area contributed by atoms with Crippen LogP contribution in [-0.4, -0.2) is 36.3 Å². The van der Waals surface area contributed by atoms with Crippen LogP contribution in [0, 0.1) is 5.41 Å². The Kier molecular flexibility index (Phi) is 4.06. The minimum atomic E-state index is -0.394. The largest absolute Gasteiger partial charge is 0.469 e. The normalized spacial score (nSPS) is 21.1. The maximum atomic E-state index is 11.5. The third-order valence-electron chi connectivity index (χ3n) is 2.66. The summed E-state index contributed by atoms with van der Waals surface area (Å²) in [6.45, 7) is 0.0692. The molecule has 0 aromatic heterocycles. The number of hydrogen-bond donors (Lipinski definition) is 1. The molecule has 0 saturated carbocycles. The van der Waals surface area contributed by atoms with Crippen LogP contribution in [0.4, 0.5) is 0 Å². The summed E-state index contributed by atoms with van der Waals surface area (Å²) in [7, 11) is 1.42. The third kappa shape index (κ3) is 2.38. The monoisotopic (exact) mass is 204 g/mol. The van der Waals surface area contributed by atoms with E-state index < -0.39 is 5.41 Å². The van der Waals surface area contributed by atoms with E-state index in [1.54, 1.807) is 0 Å². The van der Waals surface area contributed by atoms with E-state index in [1.807, 2.05) is 11.8 Å². The second-order valence-corrected chi connectivity index (χ2v) is 4.58. The maximum Gasteiger partial charge on any atom is 0.311 e. The summed E-state index contributed by atoms with van der Waals surface area (Å²) in [6.07, 6.45) is 2.22. The quantitative estimate of drug-likeness (QED) is 0.698. The van der Waals surface area contributed by atoms with Gasteiger partial charge in [-0.15, -0.1) is 0 Å². The molecular weight excluding hydrogens is 188 g/mol. The Morgan fingerprint density at radius 1 is 1.54 bits per heavy atom. The summed E-state index contributed by atoms with van der Waals surface area (Å²) in [5.41, 5.74) is -0.394. The Balaban J connectivity index is 2.66. The fourth-order valence-corrected chi connectivity index (χ4v) is 3.02. The molecule has 1 fully saturated rings. The molecule has 4 heteroatoms. The number of hydrogen-bond acceptors (Lipinski definition) is 4. The van der Waals surface area contributed by atoms with Gasteiger partial charge in [-0.1, -0.05) is 0 Å². The van der Waals surface area contributed by atoms with Gasteiger partial charge in [0.05, 0.1) is 12.5 Å². The highest BCUT2D eigenvalue weighted by Crippen LogP contribution is 2.38. The van der Waals surface area contributed by atoms with Gasteiger partial charge >= 0.3 is 5.97 Å². The zero-order chi connectivity index (χ0) is 9.73. The summed E-state index contributed by atoms with van der Waals surface area (Å²) in [5, 5.41) is 8.91. The highest BCUT2D eigenvalue weighted by atomic mass is 32.2. The predicted molar refractivity (Wildman–Crippen MR) is 52.7 cm³/mol. The van der Waals surface area contributed by atoms with Crippen LogP contribution in [0.2, 0.25) is 0 Å². The van der Waals surface area contributed by atoms with Gasteiger partial charge < -0.3 is 9.84 Å². The summed E-state index contributed by atoms with van der Waals surface area (Å²) in [4.78, 5) is 11.5. The SMILES string of the molecule is COC(=O)C1(CCO)CCSCC1. The standard InChI is InChI=1S/C9H16O3S/c1-12-8(11)9(2-5-10)3-6-13-7-4-9/h10H,2-7H2,1H3. The first-order chi connectivity index (χ1) is 6.25. The Bertz CT molecular complexity index is 170. The van der Waals surface area contributed by atoms with E-state index in [0.29, 0.717) is 6.42 Å². The highest BCUT2D eigenvalue weighted by molar-refractivity contribution is 7.99. The smallest absolute Gasteiger partial charge is 0.311 e. The Labute approximate surface area is 82.8 Å². The minimum absolute atomic E-state index is 0.0692. The Morgan fingerprint density at radius 2 is 2.15 bits per heavy atom. The number of methoxy groups -OCH3 is 1. The average Bonchev–Trinajstić information content (AvgIpc) is 2.18. The molecule has 1 saturated heterocycles. The minimum Gasteiger partial charge on any atom is -0.469 e. The van der Waals surface area contributed by atoms with Crippen LogP contribution in [0.1, 0.15) is 19.3 Å². The zero-order valence-electron chi connectivity index (χ0n) is 7.91. The lowest BCUT2D eigenvalue weighted by Gasteiger charge is -2.33. The van der Waals surface area contributed by atoms with Crippen molar-refractivity contribution < 1.29 is 14.6 Å². The van der Waals surface area contributed by atoms with Gasteiger partial charge in [0.1, 0.15) is 0 Å². The molecule has 3 nitrogen and oxygen atoms in total. The van der Waals surface area contributed by atoms with Crippen LogP contribution in [0.5, 0.6) is 0 Å². The van der Waals surface area contributed by atoms with Crippen LogP contribution in [0.15, 0.2) is 0 Å². The lowest BCUT2D eigenvalue weighted by Crippen LogP contribution is -2.36. The van der Waals surface area contributed by atoms with Crippen molar-refractivity contribution in [2.75, 3.05) is 25.2 Å². The van der Waals surface area contributed by atoms with Crippen molar-refractivity contribution in [1.29, 1.82) is 0 Å². The van der Waals surface area contributed by atoms with Crippen molar-refractivity contribution in [2.45, 2.75) is 19.3 Å². The Hall–Kier alpha value is -0.220. The summed E-state index contributed by atoms with van der Waals surface area (Å²) < 4.78 is 4.79. The van der Waals surface area contributed by atoms with E-state index in [9.17, 15) is 4.79 Å². The van der Waals surface area contributed by atoms with Crippen LogP contribution in [-0.2, 0) is 9.53 Å². The van der Waals surface area contributed by atoms with Crippen molar-refractivity contribution in [1.82, 2.24) is 0 Å². The first kappa shape index (κ1) is 10.9. The summed E-state index contributed by atoms with van der Waals surface area (Å²) >= 11 is 1.86. The van der Waals surface area contributed by atoms with Gasteiger partial charge in [0.2, 0.25) is 0 Å². The molecule has 1 heterocycles. The van der Waals surface area contributed by atoms with Crippen molar-refractivity contribution in [3.05, 3.63) is 0 Å². The number of esters is 1. The number of ether oxygens (including phenoxy) is 1. The van der Waals surface area contributed by atoms with Crippen LogP contribution < -0.4 is 0 Å². The molecule has 1 N–H and O–H groups in total. The van der Waals surface area contributed by atoms with Gasteiger partial charge in [0, 0.05) is 6.61 Å². The highest BCUT2D eigenvalue weighted by Gasteiger charge is 2.40. The number of aliphatic hydroxyl groups excluding tert-OH is 1. The Morgan fingerprint density at radius 3 is 2.62 bits per heavy atom. The van der Waals surface area contributed by atoms with E-state index in [2.05, 4.69) is 0 Å². The van der Waals surface area contributed by atoms with Crippen LogP contribution >= 0.6 is 11.8 Å². The fourth-order valence-electron chi connectivity index (χ4n) is 1.75. The molecule has 0 radical (unpaired) electrons. The lowest BCUT2D eigenvalue weighted by molar-refractivity contribution is -0.154. The van der Waals surface area contributed by atoms with E-state index >= 15 is 0 Å². The van der Waals surface area contributed by atoms with E-state index in [0.717, 1.165) is 24.3 Å². The van der Waals surface area contributed by atoms with E-state index in [4.69, 9.17) is 9.84 Å². The van der Waals surface area contributed by atoms with Gasteiger partial charge in [-0.3, -0.25) is 4.79 Å². The fraction of sp³-hybridized carbons (Fsp3) is 0.889. The van der Waals surface area contributed by atoms with Crippen molar-refractivity contribution >= 4 is 17.7 Å². The summed E-state index contributed by atoms with van der Waals surface area (Å²) in [5.74, 6) is 1.84. The first-order valence-electron chi connectivity index (χ1n) is 4.52. The predicted octanol–water partition coefficient (Wildman–Crippen LogP) is 1.06. The molecule has 0 aliphatic carbocycles. The van der Waals surface area contributed by atoms with Gasteiger partial charge in [-0.25, -0.2) is 0 Å². The molecule has 0 unspecified atom stereocenters. The molecule has 76 valence electrons. The van der Waals surface area contributed by atoms with Crippen LogP contribution in [0.25, 0.3) is 0 Å². The third-order valence-corrected chi connectivity index (χ3v) is 3.64. The van der Waals surface area contributed by atoms with Gasteiger partial charge in [0.25, 0.3) is 0 Å². The van der Waals surface area contributed by atoms with E-state index in [-0.39, 0.29) is 12.6 Å². The number of carbonyl (C=O) groups is 1. The molecule has 0 bridgehead atoms. The van der Waals surface area contributed by atoms with Gasteiger partial charge in [0.15, 0.2) is 0 Å². The molecule has 1 aliphatic rings. The van der Waals surface area contributed by atoms with Crippen LogP contribution in [0.3, 0.4) is 0 Å². The lowest BCUT2D eigenvalue weighted by atomic mass is 9.79. The molecule has 13 heavy (non-hydrogen) atoms. The van der Waals surface area contributed by atoms with Crippen molar-refractivity contribution in [3.63, 3.8) is 0 Å². The van der Waals surface area contributed by atoms with E-state index in [1.165, 1.54) is 7.11 Å². The molecule has 0 amide bonds. The number of carbonyl (C=O) groups excluding carboxylic acids is 1. The molecule has 0 spiro atoms. The molecule has 1 aliphatic heterocycles. The summed E-state index contributed by atoms with van der Waals surface area (Å²) in [6, 6.07) is 0. The van der Waals surface area contributed by atoms with Gasteiger partial charge in [-0.2, -0.15) is 11.8 Å². The number of aliphatic hydroxyl groups is 1. The topological polar surface area (TPSA) is 46.5 Å². The molecule has 0 aromatic carbocycles. The molecule has 1 rings (SSSR count).